The molecule has 0 spiro atoms. The highest BCUT2D eigenvalue weighted by molar-refractivity contribution is 4.96. The van der Waals surface area contributed by atoms with Crippen molar-refractivity contribution in [1.82, 2.24) is 0 Å². The first-order valence-corrected chi connectivity index (χ1v) is 3.60. The van der Waals surface area contributed by atoms with E-state index in [2.05, 4.69) is 45.1 Å². The van der Waals surface area contributed by atoms with Gasteiger partial charge in [-0.1, -0.05) is 38.2 Å². The molecule has 0 amide bonds. The summed E-state index contributed by atoms with van der Waals surface area (Å²) in [6.45, 7) is 6.39. The molecular weight excluding hydrogens is 108 g/mol. The van der Waals surface area contributed by atoms with Gasteiger partial charge in [0.2, 0.25) is 0 Å². The number of rotatable bonds is 3. The van der Waals surface area contributed by atoms with Gasteiger partial charge < -0.3 is 0 Å². The van der Waals surface area contributed by atoms with Crippen molar-refractivity contribution in [2.24, 2.45) is 5.92 Å². The summed E-state index contributed by atoms with van der Waals surface area (Å²) < 4.78 is 0. The lowest BCUT2D eigenvalue weighted by Gasteiger charge is -1.93. The van der Waals surface area contributed by atoms with E-state index in [0.29, 0.717) is 5.92 Å². The van der Waals surface area contributed by atoms with Crippen LogP contribution in [0.25, 0.3) is 0 Å². The minimum atomic E-state index is 0.606. The molecule has 0 aromatic carbocycles. The molecule has 0 fully saturated rings. The molecule has 0 radical (unpaired) electrons. The fourth-order valence-corrected chi connectivity index (χ4v) is 0.718. The highest BCUT2D eigenvalue weighted by atomic mass is 13.9. The molecule has 0 aliphatic heterocycles. The van der Waals surface area contributed by atoms with Gasteiger partial charge in [0.1, 0.15) is 0 Å². The van der Waals surface area contributed by atoms with Gasteiger partial charge in [0.05, 0.1) is 0 Å². The van der Waals surface area contributed by atoms with Crippen molar-refractivity contribution in [2.75, 3.05) is 0 Å². The second kappa shape index (κ2) is 5.61. The first kappa shape index (κ1) is 8.48. The van der Waals surface area contributed by atoms with Crippen molar-refractivity contribution in [3.8, 4) is 0 Å². The van der Waals surface area contributed by atoms with Gasteiger partial charge in [-0.25, -0.2) is 0 Å². The topological polar surface area (TPSA) is 0 Å². The lowest BCUT2D eigenvalue weighted by Crippen LogP contribution is -1.79. The van der Waals surface area contributed by atoms with Crippen LogP contribution < -0.4 is 0 Å². The number of allylic oxidation sites excluding steroid dienone is 4. The molecule has 0 saturated heterocycles. The Bertz CT molecular complexity index is 98.6. The smallest absolute Gasteiger partial charge is 0.00820 e. The van der Waals surface area contributed by atoms with E-state index < -0.39 is 0 Å². The van der Waals surface area contributed by atoms with Crippen LogP contribution in [0.1, 0.15) is 27.2 Å². The predicted octanol–water partition coefficient (Wildman–Crippen LogP) is 3.16. The second-order valence-corrected chi connectivity index (χ2v) is 2.22. The SMILES string of the molecule is C/C=C/C(C)/C=C/CC. The van der Waals surface area contributed by atoms with Crippen molar-refractivity contribution in [3.05, 3.63) is 24.3 Å². The van der Waals surface area contributed by atoms with E-state index in [0.717, 1.165) is 6.42 Å². The Hall–Kier alpha value is -0.520. The van der Waals surface area contributed by atoms with Crippen molar-refractivity contribution in [2.45, 2.75) is 27.2 Å². The first-order valence-electron chi connectivity index (χ1n) is 3.60. The molecule has 0 N–H and O–H groups in total. The zero-order valence-electron chi connectivity index (χ0n) is 6.59. The second-order valence-electron chi connectivity index (χ2n) is 2.22. The maximum absolute atomic E-state index is 2.22. The van der Waals surface area contributed by atoms with E-state index in [1.54, 1.807) is 0 Å². The van der Waals surface area contributed by atoms with Crippen LogP contribution in [-0.2, 0) is 0 Å². The zero-order chi connectivity index (χ0) is 7.11. The van der Waals surface area contributed by atoms with Gasteiger partial charge in [-0.2, -0.15) is 0 Å². The molecule has 0 heterocycles. The number of hydrogen-bond donors (Lipinski definition) is 0. The summed E-state index contributed by atoms with van der Waals surface area (Å²) in [5, 5.41) is 0. The minimum Gasteiger partial charge on any atom is -0.0911 e. The Morgan fingerprint density at radius 1 is 1.33 bits per heavy atom. The average Bonchev–Trinajstić information content (AvgIpc) is 1.85. The molecule has 0 aliphatic rings. The molecule has 52 valence electrons. The largest absolute Gasteiger partial charge is 0.0911 e. The predicted molar refractivity (Wildman–Crippen MR) is 43.4 cm³/mol. The van der Waals surface area contributed by atoms with Crippen LogP contribution >= 0.6 is 0 Å². The number of hydrogen-bond acceptors (Lipinski definition) is 0. The van der Waals surface area contributed by atoms with Gasteiger partial charge >= 0.3 is 0 Å². The van der Waals surface area contributed by atoms with Gasteiger partial charge in [-0.15, -0.1) is 0 Å². The standard InChI is InChI=1S/C9H16/c1-4-6-8-9(3)7-5-2/h5-9H,4H2,1-3H3/b7-5+,8-6+. The third-order valence-corrected chi connectivity index (χ3v) is 1.17. The van der Waals surface area contributed by atoms with E-state index in [-0.39, 0.29) is 0 Å². The lowest BCUT2D eigenvalue weighted by molar-refractivity contribution is 0.928. The molecule has 0 aromatic rings. The molecule has 9 heavy (non-hydrogen) atoms. The van der Waals surface area contributed by atoms with Crippen LogP contribution in [0.5, 0.6) is 0 Å². The van der Waals surface area contributed by atoms with E-state index in [9.17, 15) is 0 Å². The maximum Gasteiger partial charge on any atom is -0.00820 e. The maximum atomic E-state index is 2.22. The monoisotopic (exact) mass is 124 g/mol. The summed E-state index contributed by atoms with van der Waals surface area (Å²) >= 11 is 0. The highest BCUT2D eigenvalue weighted by Crippen LogP contribution is 1.99. The van der Waals surface area contributed by atoms with E-state index >= 15 is 0 Å². The molecule has 0 aliphatic carbocycles. The Morgan fingerprint density at radius 2 is 2.00 bits per heavy atom. The minimum absolute atomic E-state index is 0.606. The van der Waals surface area contributed by atoms with Crippen molar-refractivity contribution >= 4 is 0 Å². The van der Waals surface area contributed by atoms with Gasteiger partial charge in [0, 0.05) is 0 Å². The molecule has 0 nitrogen and oxygen atoms in total. The average molecular weight is 124 g/mol. The van der Waals surface area contributed by atoms with Crippen molar-refractivity contribution < 1.29 is 0 Å². The molecule has 1 unspecified atom stereocenters. The summed E-state index contributed by atoms with van der Waals surface area (Å²) in [6.07, 6.45) is 9.84. The highest BCUT2D eigenvalue weighted by Gasteiger charge is 1.84. The summed E-state index contributed by atoms with van der Waals surface area (Å²) in [5.41, 5.74) is 0. The van der Waals surface area contributed by atoms with Crippen LogP contribution in [0.15, 0.2) is 24.3 Å². The summed E-state index contributed by atoms with van der Waals surface area (Å²) in [4.78, 5) is 0. The fraction of sp³-hybridized carbons (Fsp3) is 0.556. The first-order chi connectivity index (χ1) is 4.31. The van der Waals surface area contributed by atoms with Crippen LogP contribution in [0.3, 0.4) is 0 Å². The lowest BCUT2D eigenvalue weighted by atomic mass is 10.1. The van der Waals surface area contributed by atoms with E-state index in [4.69, 9.17) is 0 Å². The van der Waals surface area contributed by atoms with E-state index in [1.807, 2.05) is 0 Å². The van der Waals surface area contributed by atoms with Crippen LogP contribution in [0, 0.1) is 5.92 Å². The Kier molecular flexibility index (Phi) is 5.29. The van der Waals surface area contributed by atoms with Crippen LogP contribution in [-0.4, -0.2) is 0 Å². The van der Waals surface area contributed by atoms with Gasteiger partial charge in [0.25, 0.3) is 0 Å². The molecule has 0 heteroatoms. The molecule has 0 saturated carbocycles. The Balaban J connectivity index is 3.48. The normalized spacial score (nSPS) is 15.4. The van der Waals surface area contributed by atoms with E-state index in [1.165, 1.54) is 0 Å². The summed E-state index contributed by atoms with van der Waals surface area (Å²) in [7, 11) is 0. The molecular formula is C9H16. The Labute approximate surface area is 58.3 Å². The van der Waals surface area contributed by atoms with Gasteiger partial charge in [-0.3, -0.25) is 0 Å². The molecule has 0 aromatic heterocycles. The summed E-state index contributed by atoms with van der Waals surface area (Å²) in [5.74, 6) is 0.606. The van der Waals surface area contributed by atoms with Crippen LogP contribution in [0.4, 0.5) is 0 Å². The van der Waals surface area contributed by atoms with Crippen molar-refractivity contribution in [1.29, 1.82) is 0 Å². The zero-order valence-corrected chi connectivity index (χ0v) is 6.59. The quantitative estimate of drug-likeness (QED) is 0.507. The Morgan fingerprint density at radius 3 is 2.44 bits per heavy atom. The third kappa shape index (κ3) is 5.35. The molecule has 0 bridgehead atoms. The third-order valence-electron chi connectivity index (χ3n) is 1.17. The van der Waals surface area contributed by atoms with Gasteiger partial charge in [0.15, 0.2) is 0 Å². The fourth-order valence-electron chi connectivity index (χ4n) is 0.718. The molecule has 1 atom stereocenters. The summed E-state index contributed by atoms with van der Waals surface area (Å²) in [6, 6.07) is 0. The molecule has 0 rings (SSSR count). The van der Waals surface area contributed by atoms with Crippen molar-refractivity contribution in [3.63, 3.8) is 0 Å². The van der Waals surface area contributed by atoms with Gasteiger partial charge in [-0.05, 0) is 19.3 Å². The van der Waals surface area contributed by atoms with Crippen LogP contribution in [0.2, 0.25) is 0 Å².